The van der Waals surface area contributed by atoms with Crippen LogP contribution in [0.4, 0.5) is 5.69 Å². The third-order valence-corrected chi connectivity index (χ3v) is 5.44. The minimum absolute atomic E-state index is 0.107. The molecule has 0 fully saturated rings. The van der Waals surface area contributed by atoms with Crippen molar-refractivity contribution >= 4 is 34.1 Å². The van der Waals surface area contributed by atoms with Gasteiger partial charge < -0.3 is 4.90 Å². The first-order valence-corrected chi connectivity index (χ1v) is 9.76. The highest BCUT2D eigenvalue weighted by Crippen LogP contribution is 2.36. The lowest BCUT2D eigenvalue weighted by molar-refractivity contribution is -0.112. The van der Waals surface area contributed by atoms with Crippen LogP contribution in [-0.2, 0) is 11.3 Å². The molecule has 2 heterocycles. The maximum absolute atomic E-state index is 13.3. The van der Waals surface area contributed by atoms with Gasteiger partial charge in [0.2, 0.25) is 0 Å². The molecule has 146 valence electrons. The van der Waals surface area contributed by atoms with Crippen molar-refractivity contribution in [2.45, 2.75) is 6.54 Å². The van der Waals surface area contributed by atoms with E-state index in [1.165, 1.54) is 0 Å². The number of aromatic nitrogens is 2. The third kappa shape index (κ3) is 2.92. The van der Waals surface area contributed by atoms with Crippen LogP contribution in [0.1, 0.15) is 17.0 Å². The van der Waals surface area contributed by atoms with Crippen LogP contribution in [0.25, 0.3) is 22.6 Å². The van der Waals surface area contributed by atoms with Gasteiger partial charge in [-0.2, -0.15) is 0 Å². The summed E-state index contributed by atoms with van der Waals surface area (Å²) in [6, 6.07) is 24.7. The highest BCUT2D eigenvalue weighted by Gasteiger charge is 2.29. The van der Waals surface area contributed by atoms with E-state index in [9.17, 15) is 9.59 Å². The Morgan fingerprint density at radius 3 is 2.40 bits per heavy atom. The zero-order valence-corrected chi connectivity index (χ0v) is 16.4. The van der Waals surface area contributed by atoms with Crippen LogP contribution < -0.4 is 10.5 Å². The highest BCUT2D eigenvalue weighted by atomic mass is 16.2. The fourth-order valence-corrected chi connectivity index (χ4v) is 3.88. The average molecular weight is 393 g/mol. The summed E-state index contributed by atoms with van der Waals surface area (Å²) < 4.78 is 1.64. The van der Waals surface area contributed by atoms with Gasteiger partial charge in [0.25, 0.3) is 11.5 Å². The minimum atomic E-state index is -0.122. The first kappa shape index (κ1) is 18.1. The zero-order valence-electron chi connectivity index (χ0n) is 16.4. The Morgan fingerprint density at radius 2 is 1.57 bits per heavy atom. The lowest BCUT2D eigenvalue weighted by Gasteiger charge is -2.12. The Kier molecular flexibility index (Phi) is 4.29. The van der Waals surface area contributed by atoms with E-state index in [0.717, 1.165) is 16.8 Å². The standard InChI is InChI=1S/C25H19N3O2/c1-27-22-14-8-6-11-18(22)20(24(27)29)15-23-26-21-13-7-5-12-19(21)25(30)28(23)16-17-9-3-2-4-10-17/h2-15H,16H2,1H3. The monoisotopic (exact) mass is 393 g/mol. The van der Waals surface area contributed by atoms with Crippen molar-refractivity contribution in [1.82, 2.24) is 9.55 Å². The van der Waals surface area contributed by atoms with Crippen molar-refractivity contribution in [3.05, 3.63) is 106 Å². The molecule has 5 rings (SSSR count). The van der Waals surface area contributed by atoms with E-state index in [4.69, 9.17) is 4.98 Å². The molecule has 0 aliphatic carbocycles. The summed E-state index contributed by atoms with van der Waals surface area (Å²) in [5, 5.41) is 0.561. The molecule has 5 nitrogen and oxygen atoms in total. The Bertz CT molecular complexity index is 1370. The van der Waals surface area contributed by atoms with Gasteiger partial charge in [0.1, 0.15) is 5.82 Å². The SMILES string of the molecule is CN1C(=O)C(=Cc2nc3ccccc3c(=O)n2Cc2ccccc2)c2ccccc21. The van der Waals surface area contributed by atoms with Crippen LogP contribution in [0.2, 0.25) is 0 Å². The number of benzene rings is 3. The molecule has 0 atom stereocenters. The first-order chi connectivity index (χ1) is 14.6. The second-order valence-corrected chi connectivity index (χ2v) is 7.30. The molecular formula is C25H19N3O2. The molecule has 0 unspecified atom stereocenters. The summed E-state index contributed by atoms with van der Waals surface area (Å²) in [7, 11) is 1.76. The predicted molar refractivity (Wildman–Crippen MR) is 119 cm³/mol. The molecule has 0 bridgehead atoms. The molecule has 4 aromatic rings. The van der Waals surface area contributed by atoms with Crippen LogP contribution in [-0.4, -0.2) is 22.5 Å². The van der Waals surface area contributed by atoms with Gasteiger partial charge in [0.15, 0.2) is 0 Å². The summed E-state index contributed by atoms with van der Waals surface area (Å²) in [5.74, 6) is 0.362. The second kappa shape index (κ2) is 7.12. The molecule has 30 heavy (non-hydrogen) atoms. The Hall–Kier alpha value is -3.99. The van der Waals surface area contributed by atoms with Crippen molar-refractivity contribution in [2.24, 2.45) is 0 Å². The van der Waals surface area contributed by atoms with Gasteiger partial charge in [-0.1, -0.05) is 60.7 Å². The largest absolute Gasteiger partial charge is 0.311 e. The van der Waals surface area contributed by atoms with Gasteiger partial charge in [0.05, 0.1) is 28.7 Å². The molecule has 0 N–H and O–H groups in total. The molecule has 1 aliphatic rings. The summed E-state index contributed by atoms with van der Waals surface area (Å²) in [4.78, 5) is 32.6. The third-order valence-electron chi connectivity index (χ3n) is 5.44. The number of nitrogens with zero attached hydrogens (tertiary/aromatic N) is 3. The van der Waals surface area contributed by atoms with Gasteiger partial charge in [-0.3, -0.25) is 14.2 Å². The number of carbonyl (C=O) groups is 1. The van der Waals surface area contributed by atoms with Crippen LogP contribution >= 0.6 is 0 Å². The van der Waals surface area contributed by atoms with Crippen molar-refractivity contribution < 1.29 is 4.79 Å². The van der Waals surface area contributed by atoms with Gasteiger partial charge in [-0.25, -0.2) is 4.98 Å². The quantitative estimate of drug-likeness (QED) is 0.495. The summed E-state index contributed by atoms with van der Waals surface area (Å²) >= 11 is 0. The molecule has 1 aromatic heterocycles. The van der Waals surface area contributed by atoms with Crippen LogP contribution in [0.3, 0.4) is 0 Å². The van der Waals surface area contributed by atoms with Crippen LogP contribution in [0, 0.1) is 0 Å². The maximum atomic E-state index is 13.3. The van der Waals surface area contributed by atoms with E-state index >= 15 is 0 Å². The van der Waals surface area contributed by atoms with Gasteiger partial charge in [0, 0.05) is 12.6 Å². The van der Waals surface area contributed by atoms with E-state index in [1.807, 2.05) is 72.8 Å². The number of anilines is 1. The lowest BCUT2D eigenvalue weighted by atomic mass is 10.1. The number of para-hydroxylation sites is 2. The Labute approximate surface area is 173 Å². The topological polar surface area (TPSA) is 55.2 Å². The Morgan fingerprint density at radius 1 is 0.867 bits per heavy atom. The fraction of sp³-hybridized carbons (Fsp3) is 0.0800. The number of amides is 1. The van der Waals surface area contributed by atoms with E-state index < -0.39 is 0 Å². The molecular weight excluding hydrogens is 374 g/mol. The fourth-order valence-electron chi connectivity index (χ4n) is 3.88. The second-order valence-electron chi connectivity index (χ2n) is 7.30. The molecule has 5 heteroatoms. The van der Waals surface area contributed by atoms with Crippen molar-refractivity contribution in [3.8, 4) is 0 Å². The first-order valence-electron chi connectivity index (χ1n) is 9.76. The maximum Gasteiger partial charge on any atom is 0.261 e. The number of rotatable bonds is 3. The van der Waals surface area contributed by atoms with Crippen LogP contribution in [0.15, 0.2) is 83.7 Å². The minimum Gasteiger partial charge on any atom is -0.311 e. The van der Waals surface area contributed by atoms with Crippen LogP contribution in [0.5, 0.6) is 0 Å². The summed E-state index contributed by atoms with van der Waals surface area (Å²) in [6.07, 6.45) is 1.74. The molecule has 0 saturated carbocycles. The zero-order chi connectivity index (χ0) is 20.7. The number of hydrogen-bond acceptors (Lipinski definition) is 3. The van der Waals surface area contributed by atoms with Crippen molar-refractivity contribution in [2.75, 3.05) is 11.9 Å². The van der Waals surface area contributed by atoms with Gasteiger partial charge in [-0.15, -0.1) is 0 Å². The van der Waals surface area contributed by atoms with E-state index in [-0.39, 0.29) is 11.5 Å². The summed E-state index contributed by atoms with van der Waals surface area (Å²) in [5.41, 5.74) is 3.72. The van der Waals surface area contributed by atoms with E-state index in [0.29, 0.717) is 28.8 Å². The molecule has 0 saturated heterocycles. The molecule has 1 amide bonds. The number of fused-ring (bicyclic) bond motifs is 2. The number of hydrogen-bond donors (Lipinski definition) is 0. The number of carbonyl (C=O) groups excluding carboxylic acids is 1. The molecule has 0 radical (unpaired) electrons. The average Bonchev–Trinajstić information content (AvgIpc) is 3.02. The molecule has 1 aliphatic heterocycles. The Balaban J connectivity index is 1.74. The van der Waals surface area contributed by atoms with E-state index in [1.54, 1.807) is 28.7 Å². The highest BCUT2D eigenvalue weighted by molar-refractivity contribution is 6.35. The normalized spacial score (nSPS) is 14.5. The summed E-state index contributed by atoms with van der Waals surface area (Å²) in [6.45, 7) is 0.377. The molecule has 3 aromatic carbocycles. The van der Waals surface area contributed by atoms with E-state index in [2.05, 4.69) is 0 Å². The lowest BCUT2D eigenvalue weighted by Crippen LogP contribution is -2.25. The predicted octanol–water partition coefficient (Wildman–Crippen LogP) is 3.96. The smallest absolute Gasteiger partial charge is 0.261 e. The van der Waals surface area contributed by atoms with Crippen molar-refractivity contribution in [1.29, 1.82) is 0 Å². The van der Waals surface area contributed by atoms with Gasteiger partial charge >= 0.3 is 0 Å². The van der Waals surface area contributed by atoms with Crippen molar-refractivity contribution in [3.63, 3.8) is 0 Å². The molecule has 0 spiro atoms. The van der Waals surface area contributed by atoms with Gasteiger partial charge in [-0.05, 0) is 29.8 Å². The number of likely N-dealkylation sites (N-methyl/N-ethyl adjacent to an activating group) is 1.